The normalized spacial score (nSPS) is 16.2. The van der Waals surface area contributed by atoms with Crippen molar-refractivity contribution in [3.63, 3.8) is 0 Å². The topological polar surface area (TPSA) is 69.6 Å². The molecule has 0 atom stereocenters. The first kappa shape index (κ1) is 17.6. The number of nitrogens with zero attached hydrogens (tertiary/aromatic N) is 1. The SMILES string of the molecule is CC(C)(CCl)C(=O)NC1CCN(C(=O)c2cccc(O)c2)CC1. The maximum absolute atomic E-state index is 12.4. The van der Waals surface area contributed by atoms with E-state index < -0.39 is 5.41 Å². The number of phenolic OH excluding ortho intramolecular Hbond substituents is 1. The summed E-state index contributed by atoms with van der Waals surface area (Å²) in [5.74, 6) is 0.214. The van der Waals surface area contributed by atoms with E-state index in [9.17, 15) is 14.7 Å². The molecule has 2 N–H and O–H groups in total. The molecular formula is C17H23ClN2O3. The quantitative estimate of drug-likeness (QED) is 0.828. The van der Waals surface area contributed by atoms with E-state index in [-0.39, 0.29) is 29.5 Å². The third kappa shape index (κ3) is 4.38. The Morgan fingerprint density at radius 1 is 1.35 bits per heavy atom. The lowest BCUT2D eigenvalue weighted by atomic mass is 9.93. The zero-order valence-corrected chi connectivity index (χ0v) is 14.3. The minimum absolute atomic E-state index is 0.0507. The van der Waals surface area contributed by atoms with Gasteiger partial charge in [0.25, 0.3) is 5.91 Å². The molecule has 1 aliphatic rings. The second-order valence-corrected chi connectivity index (χ2v) is 6.88. The van der Waals surface area contributed by atoms with E-state index in [4.69, 9.17) is 11.6 Å². The summed E-state index contributed by atoms with van der Waals surface area (Å²) in [6, 6.07) is 6.43. The molecule has 1 aliphatic heterocycles. The minimum atomic E-state index is -0.587. The second-order valence-electron chi connectivity index (χ2n) is 6.61. The molecule has 1 aromatic rings. The van der Waals surface area contributed by atoms with Crippen LogP contribution in [0.25, 0.3) is 0 Å². The summed E-state index contributed by atoms with van der Waals surface area (Å²) in [6.45, 7) is 4.80. The Morgan fingerprint density at radius 2 is 2.00 bits per heavy atom. The smallest absolute Gasteiger partial charge is 0.253 e. The van der Waals surface area contributed by atoms with Gasteiger partial charge in [-0.3, -0.25) is 9.59 Å². The lowest BCUT2D eigenvalue weighted by Gasteiger charge is -2.34. The molecule has 0 saturated carbocycles. The van der Waals surface area contributed by atoms with Gasteiger partial charge in [0.2, 0.25) is 5.91 Å². The van der Waals surface area contributed by atoms with Gasteiger partial charge in [0.15, 0.2) is 0 Å². The average Bonchev–Trinajstić information content (AvgIpc) is 2.54. The Hall–Kier alpha value is -1.75. The molecule has 2 amide bonds. The standard InChI is InChI=1S/C17H23ClN2O3/c1-17(2,11-18)16(23)19-13-6-8-20(9-7-13)15(22)12-4-3-5-14(21)10-12/h3-5,10,13,21H,6-9,11H2,1-2H3,(H,19,23). The number of phenols is 1. The number of alkyl halides is 1. The summed E-state index contributed by atoms with van der Waals surface area (Å²) < 4.78 is 0. The number of carbonyl (C=O) groups is 2. The fourth-order valence-electron chi connectivity index (χ4n) is 2.49. The van der Waals surface area contributed by atoms with Crippen LogP contribution in [0.1, 0.15) is 37.0 Å². The summed E-state index contributed by atoms with van der Waals surface area (Å²) in [4.78, 5) is 26.3. The largest absolute Gasteiger partial charge is 0.508 e. The van der Waals surface area contributed by atoms with Gasteiger partial charge in [0, 0.05) is 30.6 Å². The van der Waals surface area contributed by atoms with Gasteiger partial charge in [0.05, 0.1) is 5.41 Å². The molecule has 1 heterocycles. The first-order chi connectivity index (χ1) is 10.8. The first-order valence-corrected chi connectivity index (χ1v) is 8.32. The molecular weight excluding hydrogens is 316 g/mol. The van der Waals surface area contributed by atoms with E-state index >= 15 is 0 Å². The van der Waals surface area contributed by atoms with E-state index in [0.29, 0.717) is 31.5 Å². The van der Waals surface area contributed by atoms with Crippen LogP contribution in [0.3, 0.4) is 0 Å². The fraction of sp³-hybridized carbons (Fsp3) is 0.529. The summed E-state index contributed by atoms with van der Waals surface area (Å²) in [7, 11) is 0. The number of hydrogen-bond donors (Lipinski definition) is 2. The predicted molar refractivity (Wildman–Crippen MR) is 89.7 cm³/mol. The number of likely N-dealkylation sites (tertiary alicyclic amines) is 1. The van der Waals surface area contributed by atoms with Gasteiger partial charge in [-0.15, -0.1) is 11.6 Å². The van der Waals surface area contributed by atoms with E-state index in [1.807, 2.05) is 13.8 Å². The van der Waals surface area contributed by atoms with Crippen molar-refractivity contribution in [3.8, 4) is 5.75 Å². The Bertz CT molecular complexity index is 581. The minimum Gasteiger partial charge on any atom is -0.508 e. The van der Waals surface area contributed by atoms with Gasteiger partial charge in [-0.2, -0.15) is 0 Å². The van der Waals surface area contributed by atoms with Crippen molar-refractivity contribution in [1.82, 2.24) is 10.2 Å². The number of amides is 2. The number of halogens is 1. The lowest BCUT2D eigenvalue weighted by Crippen LogP contribution is -2.49. The first-order valence-electron chi connectivity index (χ1n) is 7.79. The molecule has 2 rings (SSSR count). The van der Waals surface area contributed by atoms with Crippen molar-refractivity contribution >= 4 is 23.4 Å². The molecule has 0 radical (unpaired) electrons. The number of nitrogens with one attached hydrogen (secondary N) is 1. The van der Waals surface area contributed by atoms with Gasteiger partial charge in [-0.1, -0.05) is 6.07 Å². The highest BCUT2D eigenvalue weighted by molar-refractivity contribution is 6.19. The van der Waals surface area contributed by atoms with Crippen molar-refractivity contribution in [1.29, 1.82) is 0 Å². The molecule has 6 heteroatoms. The van der Waals surface area contributed by atoms with Gasteiger partial charge in [0.1, 0.15) is 5.75 Å². The molecule has 1 aromatic carbocycles. The molecule has 126 valence electrons. The van der Waals surface area contributed by atoms with E-state index in [2.05, 4.69) is 5.32 Å². The molecule has 1 fully saturated rings. The molecule has 0 unspecified atom stereocenters. The molecule has 0 bridgehead atoms. The Labute approximate surface area is 141 Å². The van der Waals surface area contributed by atoms with Crippen molar-refractivity contribution in [2.75, 3.05) is 19.0 Å². The van der Waals surface area contributed by atoms with Gasteiger partial charge >= 0.3 is 0 Å². The van der Waals surface area contributed by atoms with Crippen LogP contribution in [-0.4, -0.2) is 46.8 Å². The summed E-state index contributed by atoms with van der Waals surface area (Å²) in [5.41, 5.74) is -0.105. The van der Waals surface area contributed by atoms with Gasteiger partial charge in [-0.25, -0.2) is 0 Å². The third-order valence-corrected chi connectivity index (χ3v) is 4.83. The molecule has 23 heavy (non-hydrogen) atoms. The van der Waals surface area contributed by atoms with Crippen molar-refractivity contribution in [2.24, 2.45) is 5.41 Å². The summed E-state index contributed by atoms with van der Waals surface area (Å²) in [6.07, 6.45) is 1.43. The molecule has 0 spiro atoms. The predicted octanol–water partition coefficient (Wildman–Crippen LogP) is 2.38. The van der Waals surface area contributed by atoms with Crippen LogP contribution in [0.5, 0.6) is 5.75 Å². The van der Waals surface area contributed by atoms with Crippen LogP contribution in [-0.2, 0) is 4.79 Å². The van der Waals surface area contributed by atoms with E-state index in [0.717, 1.165) is 0 Å². The number of carbonyl (C=O) groups excluding carboxylic acids is 2. The van der Waals surface area contributed by atoms with Crippen LogP contribution in [0.15, 0.2) is 24.3 Å². The van der Waals surface area contributed by atoms with E-state index in [1.54, 1.807) is 17.0 Å². The number of piperidine rings is 1. The highest BCUT2D eigenvalue weighted by Gasteiger charge is 2.30. The summed E-state index contributed by atoms with van der Waals surface area (Å²) in [5, 5.41) is 12.5. The molecule has 1 saturated heterocycles. The number of aromatic hydroxyl groups is 1. The van der Waals surface area contributed by atoms with Crippen LogP contribution in [0, 0.1) is 5.41 Å². The van der Waals surface area contributed by atoms with Crippen molar-refractivity contribution in [3.05, 3.63) is 29.8 Å². The van der Waals surface area contributed by atoms with Gasteiger partial charge < -0.3 is 15.3 Å². The average molecular weight is 339 g/mol. The zero-order valence-electron chi connectivity index (χ0n) is 13.5. The Morgan fingerprint density at radius 3 is 2.57 bits per heavy atom. The van der Waals surface area contributed by atoms with Gasteiger partial charge in [-0.05, 0) is 44.9 Å². The van der Waals surface area contributed by atoms with Crippen molar-refractivity contribution < 1.29 is 14.7 Å². The second kappa shape index (κ2) is 7.21. The maximum Gasteiger partial charge on any atom is 0.253 e. The number of rotatable bonds is 4. The summed E-state index contributed by atoms with van der Waals surface area (Å²) >= 11 is 5.82. The Kier molecular flexibility index (Phi) is 5.52. The monoisotopic (exact) mass is 338 g/mol. The third-order valence-electron chi connectivity index (χ3n) is 4.16. The number of benzene rings is 1. The fourth-order valence-corrected chi connectivity index (χ4v) is 2.61. The van der Waals surface area contributed by atoms with Crippen LogP contribution < -0.4 is 5.32 Å². The number of hydrogen-bond acceptors (Lipinski definition) is 3. The van der Waals surface area contributed by atoms with E-state index in [1.165, 1.54) is 12.1 Å². The highest BCUT2D eigenvalue weighted by atomic mass is 35.5. The lowest BCUT2D eigenvalue weighted by molar-refractivity contribution is -0.129. The highest BCUT2D eigenvalue weighted by Crippen LogP contribution is 2.20. The molecule has 0 aliphatic carbocycles. The Balaban J connectivity index is 1.89. The molecule has 5 nitrogen and oxygen atoms in total. The van der Waals surface area contributed by atoms with Crippen LogP contribution in [0.4, 0.5) is 0 Å². The van der Waals surface area contributed by atoms with Crippen LogP contribution >= 0.6 is 11.6 Å². The molecule has 0 aromatic heterocycles. The zero-order chi connectivity index (χ0) is 17.0. The maximum atomic E-state index is 12.4. The van der Waals surface area contributed by atoms with Crippen LogP contribution in [0.2, 0.25) is 0 Å². The van der Waals surface area contributed by atoms with Crippen molar-refractivity contribution in [2.45, 2.75) is 32.7 Å².